The van der Waals surface area contributed by atoms with Crippen molar-refractivity contribution in [2.45, 2.75) is 56.9 Å². The van der Waals surface area contributed by atoms with Crippen molar-refractivity contribution in [2.75, 3.05) is 11.4 Å². The first-order valence-electron chi connectivity index (χ1n) is 12.3. The molecule has 2 aliphatic carbocycles. The maximum Gasteiger partial charge on any atom is 0.251 e. The molecule has 3 atom stereocenters. The molecule has 3 aromatic rings. The number of hydrogen-bond donors (Lipinski definition) is 1. The van der Waals surface area contributed by atoms with Gasteiger partial charge in [0.2, 0.25) is 0 Å². The summed E-state index contributed by atoms with van der Waals surface area (Å²) >= 11 is 13.0. The minimum Gasteiger partial charge on any atom is -0.373 e. The third-order valence-corrected chi connectivity index (χ3v) is 8.62. The third kappa shape index (κ3) is 3.65. The molecule has 1 amide bonds. The number of fused-ring (bicyclic) bond motifs is 3. The van der Waals surface area contributed by atoms with Crippen LogP contribution in [-0.2, 0) is 17.9 Å². The number of hydrogen-bond acceptors (Lipinski definition) is 5. The zero-order valence-corrected chi connectivity index (χ0v) is 20.6. The van der Waals surface area contributed by atoms with Gasteiger partial charge in [0.05, 0.1) is 22.8 Å². The van der Waals surface area contributed by atoms with E-state index in [0.717, 1.165) is 54.7 Å². The number of carbonyl (C=O) groups excluding carboxylic acids is 1. The Bertz CT molecular complexity index is 1310. The molecule has 6 nitrogen and oxygen atoms in total. The minimum atomic E-state index is 0.0275. The van der Waals surface area contributed by atoms with Crippen LogP contribution < -0.4 is 10.2 Å². The van der Waals surface area contributed by atoms with E-state index in [-0.39, 0.29) is 12.0 Å². The molecular weight excluding hydrogens is 485 g/mol. The van der Waals surface area contributed by atoms with Gasteiger partial charge in [0.25, 0.3) is 5.91 Å². The SMILES string of the molecule is O=C1NCc2cc(N3C[C@@H]4C[C@H]3C[C@H]4OCc3c(-c4c(Cl)cccc4Cl)noc3C3CC3)ccc21. The van der Waals surface area contributed by atoms with Crippen molar-refractivity contribution in [3.63, 3.8) is 0 Å². The number of ether oxygens (including phenoxy) is 1. The Morgan fingerprint density at radius 2 is 1.97 bits per heavy atom. The lowest BCUT2D eigenvalue weighted by Gasteiger charge is -2.33. The number of benzene rings is 2. The molecule has 2 aromatic carbocycles. The van der Waals surface area contributed by atoms with Crippen LogP contribution in [0.2, 0.25) is 10.0 Å². The van der Waals surface area contributed by atoms with Gasteiger partial charge in [-0.3, -0.25) is 4.79 Å². The summed E-state index contributed by atoms with van der Waals surface area (Å²) in [6, 6.07) is 12.2. The van der Waals surface area contributed by atoms with Gasteiger partial charge in [-0.25, -0.2) is 0 Å². The van der Waals surface area contributed by atoms with Gasteiger partial charge in [0.15, 0.2) is 0 Å². The van der Waals surface area contributed by atoms with Gasteiger partial charge in [-0.15, -0.1) is 0 Å². The summed E-state index contributed by atoms with van der Waals surface area (Å²) in [4.78, 5) is 14.4. The highest BCUT2D eigenvalue weighted by molar-refractivity contribution is 6.39. The number of halogens is 2. The highest BCUT2D eigenvalue weighted by Gasteiger charge is 2.46. The van der Waals surface area contributed by atoms with Gasteiger partial charge in [-0.1, -0.05) is 34.4 Å². The Kier molecular flexibility index (Phi) is 5.12. The summed E-state index contributed by atoms with van der Waals surface area (Å²) in [7, 11) is 0. The van der Waals surface area contributed by atoms with Crippen LogP contribution in [0, 0.1) is 5.92 Å². The molecule has 1 aromatic heterocycles. The number of aromatic nitrogens is 1. The van der Waals surface area contributed by atoms with Crippen LogP contribution in [0.4, 0.5) is 5.69 Å². The predicted molar refractivity (Wildman–Crippen MR) is 134 cm³/mol. The molecule has 0 radical (unpaired) electrons. The molecule has 0 spiro atoms. The molecule has 0 unspecified atom stereocenters. The average Bonchev–Trinajstić information content (AvgIpc) is 3.16. The molecular formula is C27H25Cl2N3O3. The first-order chi connectivity index (χ1) is 17.1. The molecule has 2 bridgehead atoms. The Labute approximate surface area is 213 Å². The first-order valence-corrected chi connectivity index (χ1v) is 13.0. The topological polar surface area (TPSA) is 67.6 Å². The zero-order valence-electron chi connectivity index (χ0n) is 19.1. The average molecular weight is 510 g/mol. The molecule has 1 saturated heterocycles. The number of nitrogens with one attached hydrogen (secondary N) is 1. The second-order valence-corrected chi connectivity index (χ2v) is 11.0. The summed E-state index contributed by atoms with van der Waals surface area (Å²) in [5, 5.41) is 8.43. The molecule has 3 fully saturated rings. The summed E-state index contributed by atoms with van der Waals surface area (Å²) in [6.07, 6.45) is 4.54. The molecule has 3 heterocycles. The number of piperidine rings is 1. The fourth-order valence-electron chi connectivity index (χ4n) is 6.06. The summed E-state index contributed by atoms with van der Waals surface area (Å²) in [5.74, 6) is 1.83. The fourth-order valence-corrected chi connectivity index (χ4v) is 6.64. The van der Waals surface area contributed by atoms with Gasteiger partial charge < -0.3 is 19.5 Å². The number of anilines is 1. The van der Waals surface area contributed by atoms with E-state index >= 15 is 0 Å². The lowest BCUT2D eigenvalue weighted by molar-refractivity contribution is 0.0122. The monoisotopic (exact) mass is 509 g/mol. The molecule has 2 saturated carbocycles. The first kappa shape index (κ1) is 21.7. The maximum atomic E-state index is 11.9. The molecule has 35 heavy (non-hydrogen) atoms. The highest BCUT2D eigenvalue weighted by atomic mass is 35.5. The van der Waals surface area contributed by atoms with Crippen molar-refractivity contribution in [2.24, 2.45) is 5.92 Å². The zero-order chi connectivity index (χ0) is 23.7. The van der Waals surface area contributed by atoms with Crippen molar-refractivity contribution in [1.82, 2.24) is 10.5 Å². The van der Waals surface area contributed by atoms with Crippen molar-refractivity contribution < 1.29 is 14.1 Å². The number of nitrogens with zero attached hydrogens (tertiary/aromatic N) is 2. The second kappa shape index (κ2) is 8.26. The van der Waals surface area contributed by atoms with E-state index in [1.165, 1.54) is 5.69 Å². The van der Waals surface area contributed by atoms with E-state index in [0.29, 0.717) is 52.3 Å². The van der Waals surface area contributed by atoms with Gasteiger partial charge >= 0.3 is 0 Å². The third-order valence-electron chi connectivity index (χ3n) is 7.99. The Hall–Kier alpha value is -2.54. The van der Waals surface area contributed by atoms with Crippen LogP contribution in [0.15, 0.2) is 40.9 Å². The van der Waals surface area contributed by atoms with Crippen molar-refractivity contribution in [3.05, 3.63) is 68.9 Å². The largest absolute Gasteiger partial charge is 0.373 e. The van der Waals surface area contributed by atoms with Crippen LogP contribution in [0.5, 0.6) is 0 Å². The fraction of sp³-hybridized carbons (Fsp3) is 0.407. The van der Waals surface area contributed by atoms with Crippen LogP contribution >= 0.6 is 23.2 Å². The van der Waals surface area contributed by atoms with E-state index in [1.54, 1.807) is 0 Å². The van der Waals surface area contributed by atoms with Crippen molar-refractivity contribution in [3.8, 4) is 11.3 Å². The van der Waals surface area contributed by atoms with E-state index in [2.05, 4.69) is 27.5 Å². The molecule has 8 heteroatoms. The van der Waals surface area contributed by atoms with E-state index in [9.17, 15) is 4.79 Å². The minimum absolute atomic E-state index is 0.0275. The van der Waals surface area contributed by atoms with Crippen molar-refractivity contribution in [1.29, 1.82) is 0 Å². The molecule has 4 aliphatic rings. The number of amides is 1. The molecule has 180 valence electrons. The summed E-state index contributed by atoms with van der Waals surface area (Å²) in [6.45, 7) is 2.04. The summed E-state index contributed by atoms with van der Waals surface area (Å²) in [5.41, 5.74) is 5.50. The predicted octanol–water partition coefficient (Wildman–Crippen LogP) is 5.95. The number of rotatable bonds is 6. The normalized spacial score (nSPS) is 24.8. The van der Waals surface area contributed by atoms with Gasteiger partial charge in [0.1, 0.15) is 11.5 Å². The standard InChI is InChI=1S/C27H25Cl2N3O3/c28-21-2-1-3-22(29)24(21)25-20(26(35-31-25)14-4-5-14)13-34-23-10-18-9-16(23)12-32(18)17-6-7-19-15(8-17)11-30-27(19)33/h1-3,6-8,14,16,18,23H,4-5,9-13H2,(H,30,33)/t16-,18-,23+/m0/s1. The van der Waals surface area contributed by atoms with E-state index in [1.807, 2.05) is 24.3 Å². The smallest absolute Gasteiger partial charge is 0.251 e. The van der Waals surface area contributed by atoms with E-state index < -0.39 is 0 Å². The van der Waals surface area contributed by atoms with E-state index in [4.69, 9.17) is 32.5 Å². The summed E-state index contributed by atoms with van der Waals surface area (Å²) < 4.78 is 12.3. The van der Waals surface area contributed by atoms with Gasteiger partial charge in [-0.05, 0) is 61.6 Å². The Morgan fingerprint density at radius 1 is 1.14 bits per heavy atom. The lowest BCUT2D eigenvalue weighted by Crippen LogP contribution is -2.38. The Balaban J connectivity index is 1.08. The molecule has 2 aliphatic heterocycles. The molecule has 7 rings (SSSR count). The lowest BCUT2D eigenvalue weighted by atomic mass is 10.0. The van der Waals surface area contributed by atoms with Crippen LogP contribution in [0.3, 0.4) is 0 Å². The van der Waals surface area contributed by atoms with Crippen molar-refractivity contribution >= 4 is 34.8 Å². The van der Waals surface area contributed by atoms with Gasteiger partial charge in [-0.2, -0.15) is 0 Å². The van der Waals surface area contributed by atoms with Crippen LogP contribution in [0.1, 0.15) is 58.8 Å². The van der Waals surface area contributed by atoms with Crippen LogP contribution in [-0.4, -0.2) is 29.8 Å². The molecule has 1 N–H and O–H groups in total. The Morgan fingerprint density at radius 3 is 2.71 bits per heavy atom. The van der Waals surface area contributed by atoms with Gasteiger partial charge in [0, 0.05) is 53.3 Å². The highest BCUT2D eigenvalue weighted by Crippen LogP contribution is 2.47. The second-order valence-electron chi connectivity index (χ2n) is 10.2. The maximum absolute atomic E-state index is 11.9. The quantitative estimate of drug-likeness (QED) is 0.444. The van der Waals surface area contributed by atoms with Crippen LogP contribution in [0.25, 0.3) is 11.3 Å². The number of carbonyl (C=O) groups is 1.